The number of hydrogen-bond donors (Lipinski definition) is 3. The van der Waals surface area contributed by atoms with Crippen LogP contribution >= 0.6 is 11.6 Å². The molecule has 6 nitrogen and oxygen atoms in total. The molecule has 1 aromatic rings. The van der Waals surface area contributed by atoms with Gasteiger partial charge < -0.3 is 15.2 Å². The highest BCUT2D eigenvalue weighted by Gasteiger charge is 2.38. The molecule has 11 heteroatoms. The highest BCUT2D eigenvalue weighted by molar-refractivity contribution is 7.84. The lowest BCUT2D eigenvalue weighted by molar-refractivity contribution is -0.192. The molecule has 1 aliphatic heterocycles. The van der Waals surface area contributed by atoms with Gasteiger partial charge in [-0.25, -0.2) is 13.7 Å². The van der Waals surface area contributed by atoms with Gasteiger partial charge in [0.25, 0.3) is 0 Å². The highest BCUT2D eigenvalue weighted by Crippen LogP contribution is 2.44. The van der Waals surface area contributed by atoms with E-state index >= 15 is 0 Å². The average Bonchev–Trinajstić information content (AvgIpc) is 2.71. The van der Waals surface area contributed by atoms with E-state index in [0.29, 0.717) is 11.8 Å². The van der Waals surface area contributed by atoms with Crippen molar-refractivity contribution in [3.05, 3.63) is 28.3 Å². The molecular formula is C23H34ClF3N2O4S. The van der Waals surface area contributed by atoms with Crippen molar-refractivity contribution in [3.8, 4) is 5.75 Å². The zero-order valence-corrected chi connectivity index (χ0v) is 21.5. The van der Waals surface area contributed by atoms with Crippen molar-refractivity contribution in [2.24, 2.45) is 5.92 Å². The van der Waals surface area contributed by atoms with Crippen molar-refractivity contribution in [3.63, 3.8) is 0 Å². The lowest BCUT2D eigenvalue weighted by Crippen LogP contribution is -2.41. The Morgan fingerprint density at radius 2 is 1.76 bits per heavy atom. The number of carbonyl (C=O) groups is 1. The summed E-state index contributed by atoms with van der Waals surface area (Å²) in [5.74, 6) is -0.942. The van der Waals surface area contributed by atoms with Crippen LogP contribution in [0.5, 0.6) is 5.75 Å². The summed E-state index contributed by atoms with van der Waals surface area (Å²) >= 11 is 6.70. The van der Waals surface area contributed by atoms with Gasteiger partial charge in [-0.3, -0.25) is 0 Å². The summed E-state index contributed by atoms with van der Waals surface area (Å²) in [6.45, 7) is 7.97. The Hall–Kier alpha value is -1.36. The third-order valence-corrected chi connectivity index (χ3v) is 8.02. The van der Waals surface area contributed by atoms with Gasteiger partial charge in [-0.05, 0) is 89.1 Å². The van der Waals surface area contributed by atoms with Gasteiger partial charge >= 0.3 is 12.1 Å². The molecule has 1 aromatic carbocycles. The molecule has 34 heavy (non-hydrogen) atoms. The van der Waals surface area contributed by atoms with Crippen LogP contribution in [0.25, 0.3) is 0 Å². The minimum atomic E-state index is -5.08. The molecule has 1 heterocycles. The zero-order valence-electron chi connectivity index (χ0n) is 19.9. The Balaban J connectivity index is 0.000000509. The monoisotopic (exact) mass is 526 g/mol. The quantitative estimate of drug-likeness (QED) is 0.465. The second kappa shape index (κ2) is 12.1. The zero-order chi connectivity index (χ0) is 25.7. The van der Waals surface area contributed by atoms with Gasteiger partial charge in [0.15, 0.2) is 0 Å². The molecule has 0 spiro atoms. The van der Waals surface area contributed by atoms with E-state index < -0.39 is 23.1 Å². The largest absolute Gasteiger partial charge is 0.496 e. The van der Waals surface area contributed by atoms with Crippen LogP contribution < -0.4 is 14.8 Å². The van der Waals surface area contributed by atoms with E-state index in [1.54, 1.807) is 7.11 Å². The van der Waals surface area contributed by atoms with Crippen LogP contribution in [-0.4, -0.2) is 46.4 Å². The SMILES string of the molecule is COc1cc(C2CCC2)c(Cl)cc1[C@H](NS(=O)C(C)(C)C)C1CCNCC1.O=C(O)C(F)(F)F. The molecule has 1 unspecified atom stereocenters. The van der Waals surface area contributed by atoms with Crippen molar-refractivity contribution in [2.75, 3.05) is 20.2 Å². The number of ether oxygens (including phenoxy) is 1. The first-order chi connectivity index (χ1) is 15.8. The van der Waals surface area contributed by atoms with E-state index in [-0.39, 0.29) is 10.8 Å². The molecule has 1 saturated heterocycles. The van der Waals surface area contributed by atoms with E-state index in [4.69, 9.17) is 26.2 Å². The summed E-state index contributed by atoms with van der Waals surface area (Å²) in [5, 5.41) is 11.4. The number of carboxylic acid groups (broad SMARTS) is 1. The first-order valence-electron chi connectivity index (χ1n) is 11.3. The fourth-order valence-electron chi connectivity index (χ4n) is 3.92. The van der Waals surface area contributed by atoms with E-state index in [2.05, 4.69) is 22.2 Å². The van der Waals surface area contributed by atoms with Crippen LogP contribution in [-0.2, 0) is 15.8 Å². The number of nitrogens with one attached hydrogen (secondary N) is 2. The first kappa shape index (κ1) is 28.9. The molecule has 2 fully saturated rings. The number of carboxylic acids is 1. The minimum absolute atomic E-state index is 0.0324. The van der Waals surface area contributed by atoms with Crippen LogP contribution in [0.4, 0.5) is 13.2 Å². The van der Waals surface area contributed by atoms with Gasteiger partial charge in [0.05, 0.1) is 28.9 Å². The summed E-state index contributed by atoms with van der Waals surface area (Å²) < 4.78 is 53.5. The van der Waals surface area contributed by atoms with Crippen LogP contribution in [0.3, 0.4) is 0 Å². The molecule has 2 atom stereocenters. The number of aliphatic carboxylic acids is 1. The number of rotatable bonds is 6. The predicted molar refractivity (Wildman–Crippen MR) is 128 cm³/mol. The Morgan fingerprint density at radius 3 is 2.18 bits per heavy atom. The third-order valence-electron chi connectivity index (χ3n) is 6.12. The van der Waals surface area contributed by atoms with Gasteiger partial charge in [-0.2, -0.15) is 13.2 Å². The number of alkyl halides is 3. The van der Waals surface area contributed by atoms with E-state index in [1.165, 1.54) is 24.8 Å². The van der Waals surface area contributed by atoms with E-state index in [9.17, 15) is 17.4 Å². The number of piperidine rings is 1. The van der Waals surface area contributed by atoms with Crippen molar-refractivity contribution in [1.82, 2.24) is 10.0 Å². The number of benzene rings is 1. The van der Waals surface area contributed by atoms with Crippen molar-refractivity contribution in [1.29, 1.82) is 0 Å². The third kappa shape index (κ3) is 7.83. The van der Waals surface area contributed by atoms with E-state index in [1.807, 2.05) is 20.8 Å². The Bertz CT molecular complexity index is 867. The number of methoxy groups -OCH3 is 1. The van der Waals surface area contributed by atoms with Crippen molar-refractivity contribution < 1.29 is 32.0 Å². The Morgan fingerprint density at radius 1 is 1.21 bits per heavy atom. The maximum atomic E-state index is 12.9. The lowest BCUT2D eigenvalue weighted by Gasteiger charge is -2.35. The van der Waals surface area contributed by atoms with Crippen LogP contribution in [0.1, 0.15) is 76.0 Å². The predicted octanol–water partition coefficient (Wildman–Crippen LogP) is 5.34. The highest BCUT2D eigenvalue weighted by atomic mass is 35.5. The molecule has 1 saturated carbocycles. The van der Waals surface area contributed by atoms with Gasteiger partial charge in [-0.15, -0.1) is 0 Å². The molecule has 3 rings (SSSR count). The van der Waals surface area contributed by atoms with Crippen LogP contribution in [0.2, 0.25) is 5.02 Å². The Kier molecular flexibility index (Phi) is 10.2. The maximum Gasteiger partial charge on any atom is 0.490 e. The van der Waals surface area contributed by atoms with E-state index in [0.717, 1.165) is 42.3 Å². The van der Waals surface area contributed by atoms with Gasteiger partial charge in [-0.1, -0.05) is 18.0 Å². The number of hydrogen-bond acceptors (Lipinski definition) is 4. The smallest absolute Gasteiger partial charge is 0.490 e. The molecule has 2 aliphatic rings. The van der Waals surface area contributed by atoms with Crippen molar-refractivity contribution >= 4 is 28.6 Å². The molecule has 194 valence electrons. The normalized spacial score (nSPS) is 19.4. The molecule has 0 bridgehead atoms. The molecule has 1 aliphatic carbocycles. The summed E-state index contributed by atoms with van der Waals surface area (Å²) in [4.78, 5) is 8.90. The minimum Gasteiger partial charge on any atom is -0.496 e. The molecule has 3 N–H and O–H groups in total. The lowest BCUT2D eigenvalue weighted by atomic mass is 9.78. The summed E-state index contributed by atoms with van der Waals surface area (Å²) in [7, 11) is 0.560. The van der Waals surface area contributed by atoms with Crippen molar-refractivity contribution in [2.45, 2.75) is 75.8 Å². The average molecular weight is 527 g/mol. The first-order valence-corrected chi connectivity index (χ1v) is 12.8. The fraction of sp³-hybridized carbons (Fsp3) is 0.696. The molecular weight excluding hydrogens is 493 g/mol. The van der Waals surface area contributed by atoms with Gasteiger partial charge in [0.2, 0.25) is 0 Å². The van der Waals surface area contributed by atoms with Crippen LogP contribution in [0.15, 0.2) is 12.1 Å². The maximum absolute atomic E-state index is 12.9. The fourth-order valence-corrected chi connectivity index (χ4v) is 5.15. The number of halogens is 4. The summed E-state index contributed by atoms with van der Waals surface area (Å²) in [6, 6.07) is 4.15. The summed E-state index contributed by atoms with van der Waals surface area (Å²) in [6.07, 6.45) is 0.682. The second-order valence-corrected chi connectivity index (χ2v) is 12.0. The van der Waals surface area contributed by atoms with Crippen LogP contribution in [0, 0.1) is 5.92 Å². The Labute approximate surface area is 206 Å². The standard InChI is InChI=1S/C21H33ClN2O2S.C2HF3O2/c1-21(2,3)27(25)24-20(15-8-10-23-11-9-15)17-12-18(22)16(13-19(17)26-4)14-6-5-7-14;3-2(4,5)1(6)7/h12-15,20,23-24H,5-11H2,1-4H3;(H,6,7)/t20-,27?;/m1./s1. The molecule has 0 aromatic heterocycles. The van der Waals surface area contributed by atoms with Gasteiger partial charge in [0.1, 0.15) is 5.75 Å². The topological polar surface area (TPSA) is 87.7 Å². The molecule has 0 radical (unpaired) electrons. The second-order valence-electron chi connectivity index (χ2n) is 9.61. The molecule has 0 amide bonds. The van der Waals surface area contributed by atoms with Gasteiger partial charge in [0, 0.05) is 10.6 Å². The summed E-state index contributed by atoms with van der Waals surface area (Å²) in [5.41, 5.74) is 2.24.